The summed E-state index contributed by atoms with van der Waals surface area (Å²) in [4.78, 5) is 16.4. The van der Waals surface area contributed by atoms with Crippen LogP contribution in [0.5, 0.6) is 0 Å². The molecule has 14 heteroatoms. The van der Waals surface area contributed by atoms with Crippen molar-refractivity contribution in [2.75, 3.05) is 57.3 Å². The molecule has 11 nitrogen and oxygen atoms in total. The van der Waals surface area contributed by atoms with Crippen molar-refractivity contribution in [3.05, 3.63) is 62.2 Å². The highest BCUT2D eigenvalue weighted by Crippen LogP contribution is 2.11. The minimum absolute atomic E-state index is 0. The quantitative estimate of drug-likeness (QED) is 0.199. The standard InChI is InChI=1S/C11H20N4O2.C7H8N4.C2H5IO.7CH4.I2/c16-7-5-12-1-3-14(9-12)11-15-4-2-13(10-15)6-8-17;1-3-10(5-8-1)7-11-4-2-9-6-11;3-1-2-4;;;;;;;;1-2/h1-4,16-17H,5-11H2;1-6H,7H2;4H,1-2H2;7*1H4;. The summed E-state index contributed by atoms with van der Waals surface area (Å²) in [6, 6.07) is 0. The van der Waals surface area contributed by atoms with Crippen LogP contribution in [0.3, 0.4) is 0 Å². The molecule has 2 aromatic rings. The molecule has 0 radical (unpaired) electrons. The first-order chi connectivity index (χ1) is 16.7. The van der Waals surface area contributed by atoms with Crippen LogP contribution in [-0.2, 0) is 6.67 Å². The Hall–Kier alpha value is -0.830. The Kier molecular flexibility index (Phi) is 50.8. The molecule has 0 aliphatic carbocycles. The van der Waals surface area contributed by atoms with E-state index >= 15 is 0 Å². The van der Waals surface area contributed by atoms with Gasteiger partial charge in [-0.3, -0.25) is 0 Å². The monoisotopic (exact) mass is 926 g/mol. The minimum atomic E-state index is 0. The third-order valence-electron chi connectivity index (χ3n) is 4.37. The fourth-order valence-corrected chi connectivity index (χ4v) is 2.93. The largest absolute Gasteiger partial charge is 0.396 e. The lowest BCUT2D eigenvalue weighted by atomic mass is 10.6. The smallest absolute Gasteiger partial charge is 0.101 e. The van der Waals surface area contributed by atoms with Crippen LogP contribution >= 0.6 is 59.8 Å². The molecule has 0 fully saturated rings. The van der Waals surface area contributed by atoms with Gasteiger partial charge in [0, 0.05) is 104 Å². The fourth-order valence-electron chi connectivity index (χ4n) is 2.93. The zero-order valence-electron chi connectivity index (χ0n) is 18.9. The van der Waals surface area contributed by atoms with Gasteiger partial charge in [-0.1, -0.05) is 74.6 Å². The Morgan fingerprint density at radius 3 is 1.17 bits per heavy atom. The second-order valence-corrected chi connectivity index (χ2v) is 8.06. The summed E-state index contributed by atoms with van der Waals surface area (Å²) >= 11 is 6.34. The van der Waals surface area contributed by atoms with Gasteiger partial charge in [0.15, 0.2) is 0 Å². The van der Waals surface area contributed by atoms with Gasteiger partial charge < -0.3 is 44.1 Å². The number of aliphatic hydroxyl groups excluding tert-OH is 3. The van der Waals surface area contributed by atoms with Crippen molar-refractivity contribution in [1.29, 1.82) is 0 Å². The summed E-state index contributed by atoms with van der Waals surface area (Å²) in [7, 11) is 0. The van der Waals surface area contributed by atoms with Crippen molar-refractivity contribution >= 4 is 59.8 Å². The molecular formula is C27H61I3N8O3. The second-order valence-electron chi connectivity index (χ2n) is 6.98. The number of nitrogens with zero attached hydrogens (tertiary/aromatic N) is 8. The van der Waals surface area contributed by atoms with Crippen molar-refractivity contribution in [1.82, 2.24) is 38.7 Å². The highest BCUT2D eigenvalue weighted by Gasteiger charge is 2.17. The summed E-state index contributed by atoms with van der Waals surface area (Å²) in [5.74, 6) is 0. The number of hydrogen-bond donors (Lipinski definition) is 3. The van der Waals surface area contributed by atoms with E-state index in [1.54, 1.807) is 25.0 Å². The molecule has 4 rings (SSSR count). The predicted octanol–water partition coefficient (Wildman–Crippen LogP) is 6.24. The fraction of sp³-hybridized carbons (Fsp3) is 0.630. The van der Waals surface area contributed by atoms with E-state index in [0.29, 0.717) is 19.7 Å². The van der Waals surface area contributed by atoms with Gasteiger partial charge in [0.25, 0.3) is 0 Å². The molecule has 2 aromatic heterocycles. The Morgan fingerprint density at radius 2 is 0.902 bits per heavy atom. The second kappa shape index (κ2) is 37.2. The molecule has 3 N–H and O–H groups in total. The lowest BCUT2D eigenvalue weighted by molar-refractivity contribution is 0.144. The number of aliphatic hydroxyl groups is 3. The Balaban J connectivity index is -0.0000000855. The Morgan fingerprint density at radius 1 is 0.561 bits per heavy atom. The van der Waals surface area contributed by atoms with Gasteiger partial charge in [-0.05, 0) is 0 Å². The lowest BCUT2D eigenvalue weighted by Gasteiger charge is -2.27. The number of halogens is 3. The first-order valence-electron chi connectivity index (χ1n) is 10.5. The van der Waals surface area contributed by atoms with Crippen molar-refractivity contribution in [3.8, 4) is 0 Å². The zero-order valence-corrected chi connectivity index (χ0v) is 25.4. The van der Waals surface area contributed by atoms with Crippen molar-refractivity contribution in [2.45, 2.75) is 58.7 Å². The molecule has 2 aliphatic heterocycles. The topological polar surface area (TPSA) is 109 Å². The Bertz CT molecular complexity index is 708. The minimum Gasteiger partial charge on any atom is -0.396 e. The van der Waals surface area contributed by atoms with Crippen molar-refractivity contribution < 1.29 is 15.3 Å². The molecule has 2 aliphatic rings. The molecule has 0 bridgehead atoms. The number of hydrogen-bond acceptors (Lipinski definition) is 9. The maximum Gasteiger partial charge on any atom is 0.101 e. The van der Waals surface area contributed by atoms with E-state index in [1.165, 1.54) is 0 Å². The summed E-state index contributed by atoms with van der Waals surface area (Å²) in [5, 5.41) is 25.6. The average molecular weight is 927 g/mol. The third kappa shape index (κ3) is 25.4. The Labute approximate surface area is 289 Å². The maximum atomic E-state index is 8.84. The van der Waals surface area contributed by atoms with Gasteiger partial charge in [0.05, 0.1) is 52.5 Å². The summed E-state index contributed by atoms with van der Waals surface area (Å²) in [5.41, 5.74) is 0. The van der Waals surface area contributed by atoms with Gasteiger partial charge in [-0.2, -0.15) is 0 Å². The van der Waals surface area contributed by atoms with Gasteiger partial charge in [-0.15, -0.1) is 0 Å². The molecule has 0 unspecified atom stereocenters. The number of aromatic nitrogens is 4. The summed E-state index contributed by atoms with van der Waals surface area (Å²) in [6.07, 6.45) is 19.0. The molecule has 4 heterocycles. The van der Waals surface area contributed by atoms with Crippen LogP contribution in [0.25, 0.3) is 0 Å². The van der Waals surface area contributed by atoms with E-state index in [2.05, 4.69) is 89.4 Å². The molecule has 41 heavy (non-hydrogen) atoms. The van der Waals surface area contributed by atoms with E-state index in [-0.39, 0.29) is 65.2 Å². The highest BCUT2D eigenvalue weighted by molar-refractivity contribution is 15.0. The predicted molar refractivity (Wildman–Crippen MR) is 205 cm³/mol. The number of rotatable bonds is 9. The third-order valence-corrected chi connectivity index (χ3v) is 4.85. The number of alkyl halides is 1. The van der Waals surface area contributed by atoms with Gasteiger partial charge in [-0.25, -0.2) is 9.97 Å². The van der Waals surface area contributed by atoms with Crippen LogP contribution in [0.2, 0.25) is 0 Å². The maximum absolute atomic E-state index is 8.84. The zero-order chi connectivity index (χ0) is 25.0. The van der Waals surface area contributed by atoms with Crippen LogP contribution in [0, 0.1) is 0 Å². The highest BCUT2D eigenvalue weighted by atomic mass is 128. The number of β-amino-alcohol motifs (C(OH)–C–C–N with tert-alkyl or cyclic N) is 2. The van der Waals surface area contributed by atoms with Crippen LogP contribution in [0.15, 0.2) is 62.2 Å². The first-order valence-corrected chi connectivity index (χ1v) is 18.3. The molecular weight excluding hydrogens is 865 g/mol. The molecule has 0 saturated heterocycles. The summed E-state index contributed by atoms with van der Waals surface area (Å²) < 4.78 is 4.79. The lowest BCUT2D eigenvalue weighted by Crippen LogP contribution is -2.36. The van der Waals surface area contributed by atoms with E-state index in [0.717, 1.165) is 31.1 Å². The number of imidazole rings is 2. The molecule has 0 spiro atoms. The molecule has 0 atom stereocenters. The van der Waals surface area contributed by atoms with Crippen LogP contribution in [0.1, 0.15) is 52.0 Å². The average Bonchev–Trinajstić information content (AvgIpc) is 3.67. The van der Waals surface area contributed by atoms with Crippen LogP contribution < -0.4 is 0 Å². The van der Waals surface area contributed by atoms with E-state index in [1.807, 2.05) is 46.3 Å². The van der Waals surface area contributed by atoms with E-state index in [9.17, 15) is 0 Å². The molecule has 0 saturated carbocycles. The van der Waals surface area contributed by atoms with Gasteiger partial charge in [0.2, 0.25) is 0 Å². The molecule has 0 amide bonds. The first kappa shape index (κ1) is 56.0. The molecule has 248 valence electrons. The molecule has 0 aromatic carbocycles. The van der Waals surface area contributed by atoms with Gasteiger partial charge >= 0.3 is 0 Å². The SMILES string of the molecule is C.C.C.C.C.C.C.II.OCCI.OCCN1C=CN(CN2C=CN(CCO)C2)C1.c1cn(Cn2ccnc2)cn1. The van der Waals surface area contributed by atoms with E-state index in [4.69, 9.17) is 15.3 Å². The van der Waals surface area contributed by atoms with Gasteiger partial charge in [0.1, 0.15) is 6.67 Å². The van der Waals surface area contributed by atoms with Crippen molar-refractivity contribution in [2.24, 2.45) is 0 Å². The van der Waals surface area contributed by atoms with Crippen LogP contribution in [-0.4, -0.2) is 111 Å². The summed E-state index contributed by atoms with van der Waals surface area (Å²) in [6.45, 7) is 5.30. The van der Waals surface area contributed by atoms with Crippen molar-refractivity contribution in [3.63, 3.8) is 0 Å². The van der Waals surface area contributed by atoms with E-state index < -0.39 is 0 Å². The van der Waals surface area contributed by atoms with Crippen LogP contribution in [0.4, 0.5) is 0 Å². The normalized spacial score (nSPS) is 11.5.